The molecule has 0 atom stereocenters. The Kier molecular flexibility index (Phi) is 6.57. The van der Waals surface area contributed by atoms with Crippen LogP contribution in [0.2, 0.25) is 5.02 Å². The summed E-state index contributed by atoms with van der Waals surface area (Å²) < 4.78 is 0. The normalized spacial score (nSPS) is 14.8. The summed E-state index contributed by atoms with van der Waals surface area (Å²) in [4.78, 5) is 27.1. The number of amides is 2. The van der Waals surface area contributed by atoms with Crippen LogP contribution in [0.15, 0.2) is 48.5 Å². The van der Waals surface area contributed by atoms with Crippen molar-refractivity contribution in [2.75, 3.05) is 18.0 Å². The van der Waals surface area contributed by atoms with Crippen LogP contribution >= 0.6 is 11.6 Å². The van der Waals surface area contributed by atoms with Crippen LogP contribution in [0.25, 0.3) is 0 Å². The van der Waals surface area contributed by atoms with Crippen molar-refractivity contribution in [3.8, 4) is 0 Å². The maximum absolute atomic E-state index is 12.5. The minimum absolute atomic E-state index is 0.0521. The molecule has 2 aromatic carbocycles. The Balaban J connectivity index is 1.60. The highest BCUT2D eigenvalue weighted by Gasteiger charge is 2.24. The predicted molar refractivity (Wildman–Crippen MR) is 113 cm³/mol. The maximum Gasteiger partial charge on any atom is 0.253 e. The summed E-state index contributed by atoms with van der Waals surface area (Å²) in [5.41, 5.74) is 2.26. The first-order valence-electron chi connectivity index (χ1n) is 9.65. The van der Waals surface area contributed by atoms with Gasteiger partial charge in [-0.25, -0.2) is 0 Å². The lowest BCUT2D eigenvalue weighted by atomic mass is 10.0. The number of piperidine rings is 1. The Labute approximate surface area is 171 Å². The lowest BCUT2D eigenvalue weighted by molar-refractivity contribution is 0.0928. The molecule has 1 aliphatic heterocycles. The zero-order valence-electron chi connectivity index (χ0n) is 16.2. The molecule has 0 bridgehead atoms. The molecule has 6 heteroatoms. The Morgan fingerprint density at radius 2 is 1.64 bits per heavy atom. The number of rotatable bonds is 5. The number of carbonyl (C=O) groups is 2. The lowest BCUT2D eigenvalue weighted by Crippen LogP contribution is -2.45. The number of anilines is 1. The summed E-state index contributed by atoms with van der Waals surface area (Å²) in [5, 5.41) is 6.68. The molecule has 1 aliphatic rings. The van der Waals surface area contributed by atoms with E-state index in [1.807, 2.05) is 38.1 Å². The SMILES string of the molecule is CC(C)NC(=O)c1ccccc1N1CCC(NC(=O)c2ccc(Cl)cc2)CC1. The van der Waals surface area contributed by atoms with Crippen LogP contribution in [0, 0.1) is 0 Å². The van der Waals surface area contributed by atoms with Crippen molar-refractivity contribution in [1.29, 1.82) is 0 Å². The van der Waals surface area contributed by atoms with Gasteiger partial charge in [0.1, 0.15) is 0 Å². The van der Waals surface area contributed by atoms with E-state index in [0.717, 1.165) is 31.6 Å². The molecule has 2 aromatic rings. The highest BCUT2D eigenvalue weighted by atomic mass is 35.5. The average molecular weight is 400 g/mol. The quantitative estimate of drug-likeness (QED) is 0.802. The minimum atomic E-state index is -0.0770. The summed E-state index contributed by atoms with van der Waals surface area (Å²) in [6.45, 7) is 5.49. The number of hydrogen-bond donors (Lipinski definition) is 2. The summed E-state index contributed by atoms with van der Waals surface area (Å²) in [5.74, 6) is -0.129. The summed E-state index contributed by atoms with van der Waals surface area (Å²) in [7, 11) is 0. The van der Waals surface area contributed by atoms with E-state index in [2.05, 4.69) is 15.5 Å². The monoisotopic (exact) mass is 399 g/mol. The van der Waals surface area contributed by atoms with Gasteiger partial charge in [-0.05, 0) is 63.1 Å². The molecule has 0 aliphatic carbocycles. The standard InChI is InChI=1S/C22H26ClN3O2/c1-15(2)24-22(28)19-5-3-4-6-20(19)26-13-11-18(12-14-26)25-21(27)16-7-9-17(23)10-8-16/h3-10,15,18H,11-14H2,1-2H3,(H,24,28)(H,25,27). The van der Waals surface area contributed by atoms with Gasteiger partial charge in [-0.3, -0.25) is 9.59 Å². The molecule has 0 saturated carbocycles. The van der Waals surface area contributed by atoms with Crippen LogP contribution in [0.1, 0.15) is 47.4 Å². The molecule has 1 heterocycles. The van der Waals surface area contributed by atoms with Crippen molar-refractivity contribution >= 4 is 29.1 Å². The van der Waals surface area contributed by atoms with Crippen LogP contribution < -0.4 is 15.5 Å². The highest BCUT2D eigenvalue weighted by Crippen LogP contribution is 2.24. The van der Waals surface area contributed by atoms with Crippen LogP contribution in [-0.4, -0.2) is 37.0 Å². The maximum atomic E-state index is 12.5. The second kappa shape index (κ2) is 9.11. The Morgan fingerprint density at radius 3 is 2.29 bits per heavy atom. The summed E-state index contributed by atoms with van der Waals surface area (Å²) in [6, 6.07) is 14.8. The second-order valence-electron chi connectivity index (χ2n) is 7.39. The fraction of sp³-hybridized carbons (Fsp3) is 0.364. The number of nitrogens with one attached hydrogen (secondary N) is 2. The van der Waals surface area contributed by atoms with Crippen LogP contribution in [-0.2, 0) is 0 Å². The van der Waals surface area contributed by atoms with Crippen molar-refractivity contribution in [2.24, 2.45) is 0 Å². The van der Waals surface area contributed by atoms with Gasteiger partial charge in [-0.1, -0.05) is 23.7 Å². The zero-order chi connectivity index (χ0) is 20.1. The third kappa shape index (κ3) is 5.04. The molecule has 0 unspecified atom stereocenters. The van der Waals surface area contributed by atoms with E-state index in [9.17, 15) is 9.59 Å². The number of para-hydroxylation sites is 1. The molecule has 2 amide bonds. The van der Waals surface area contributed by atoms with E-state index >= 15 is 0 Å². The third-order valence-electron chi connectivity index (χ3n) is 4.85. The molecule has 1 fully saturated rings. The Bertz CT molecular complexity index is 828. The highest BCUT2D eigenvalue weighted by molar-refractivity contribution is 6.30. The first-order chi connectivity index (χ1) is 13.4. The molecule has 3 rings (SSSR count). The molecular weight excluding hydrogens is 374 g/mol. The Hall–Kier alpha value is -2.53. The summed E-state index contributed by atoms with van der Waals surface area (Å²) in [6.07, 6.45) is 1.67. The van der Waals surface area contributed by atoms with Crippen LogP contribution in [0.3, 0.4) is 0 Å². The van der Waals surface area contributed by atoms with E-state index in [4.69, 9.17) is 11.6 Å². The number of halogens is 1. The number of carbonyl (C=O) groups excluding carboxylic acids is 2. The molecule has 28 heavy (non-hydrogen) atoms. The van der Waals surface area contributed by atoms with Gasteiger partial charge in [0, 0.05) is 41.4 Å². The fourth-order valence-corrected chi connectivity index (χ4v) is 3.54. The lowest BCUT2D eigenvalue weighted by Gasteiger charge is -2.35. The number of benzene rings is 2. The van der Waals surface area contributed by atoms with Crippen molar-refractivity contribution in [1.82, 2.24) is 10.6 Å². The molecule has 0 radical (unpaired) electrons. The molecular formula is C22H26ClN3O2. The van der Waals surface area contributed by atoms with E-state index in [0.29, 0.717) is 16.1 Å². The van der Waals surface area contributed by atoms with E-state index in [-0.39, 0.29) is 23.9 Å². The van der Waals surface area contributed by atoms with Crippen molar-refractivity contribution in [2.45, 2.75) is 38.8 Å². The molecule has 0 spiro atoms. The largest absolute Gasteiger partial charge is 0.371 e. The van der Waals surface area contributed by atoms with E-state index in [1.54, 1.807) is 24.3 Å². The number of hydrogen-bond acceptors (Lipinski definition) is 3. The van der Waals surface area contributed by atoms with Gasteiger partial charge in [-0.2, -0.15) is 0 Å². The minimum Gasteiger partial charge on any atom is -0.371 e. The predicted octanol–water partition coefficient (Wildman–Crippen LogP) is 3.88. The van der Waals surface area contributed by atoms with Crippen LogP contribution in [0.4, 0.5) is 5.69 Å². The van der Waals surface area contributed by atoms with Gasteiger partial charge >= 0.3 is 0 Å². The molecule has 0 aromatic heterocycles. The fourth-order valence-electron chi connectivity index (χ4n) is 3.42. The van der Waals surface area contributed by atoms with Gasteiger partial charge in [0.05, 0.1) is 5.56 Å². The van der Waals surface area contributed by atoms with Crippen LogP contribution in [0.5, 0.6) is 0 Å². The van der Waals surface area contributed by atoms with E-state index in [1.165, 1.54) is 0 Å². The first kappa shape index (κ1) is 20.2. The van der Waals surface area contributed by atoms with Gasteiger partial charge in [0.25, 0.3) is 11.8 Å². The van der Waals surface area contributed by atoms with Crippen molar-refractivity contribution < 1.29 is 9.59 Å². The van der Waals surface area contributed by atoms with E-state index < -0.39 is 0 Å². The van der Waals surface area contributed by atoms with Gasteiger partial charge in [-0.15, -0.1) is 0 Å². The third-order valence-corrected chi connectivity index (χ3v) is 5.10. The molecule has 2 N–H and O–H groups in total. The van der Waals surface area contributed by atoms with Crippen molar-refractivity contribution in [3.63, 3.8) is 0 Å². The van der Waals surface area contributed by atoms with Gasteiger partial charge in [0.2, 0.25) is 0 Å². The Morgan fingerprint density at radius 1 is 1.00 bits per heavy atom. The molecule has 5 nitrogen and oxygen atoms in total. The van der Waals surface area contributed by atoms with Gasteiger partial charge in [0.15, 0.2) is 0 Å². The summed E-state index contributed by atoms with van der Waals surface area (Å²) >= 11 is 5.88. The van der Waals surface area contributed by atoms with Gasteiger partial charge < -0.3 is 15.5 Å². The average Bonchev–Trinajstić information content (AvgIpc) is 2.68. The smallest absolute Gasteiger partial charge is 0.253 e. The van der Waals surface area contributed by atoms with Crippen molar-refractivity contribution in [3.05, 3.63) is 64.7 Å². The first-order valence-corrected chi connectivity index (χ1v) is 10.0. The second-order valence-corrected chi connectivity index (χ2v) is 7.82. The molecule has 148 valence electrons. The zero-order valence-corrected chi connectivity index (χ0v) is 17.0. The molecule has 1 saturated heterocycles. The number of nitrogens with zero attached hydrogens (tertiary/aromatic N) is 1. The topological polar surface area (TPSA) is 61.4 Å².